The molecular formula is C7H16N3. The van der Waals surface area contributed by atoms with Crippen LogP contribution in [-0.2, 0) is 0 Å². The lowest BCUT2D eigenvalue weighted by molar-refractivity contribution is 0.584. The zero-order valence-electron chi connectivity index (χ0n) is 7.02. The number of aliphatic imine (C=N–C) groups is 1. The SMILES string of the molecule is [CH2]CCNC(=NC)N(C)C. The predicted molar refractivity (Wildman–Crippen MR) is 45.0 cm³/mol. The first-order valence-electron chi connectivity index (χ1n) is 3.39. The molecule has 3 nitrogen and oxygen atoms in total. The Morgan fingerprint density at radius 2 is 2.20 bits per heavy atom. The lowest BCUT2D eigenvalue weighted by Gasteiger charge is -2.15. The van der Waals surface area contributed by atoms with Crippen molar-refractivity contribution in [1.82, 2.24) is 10.2 Å². The van der Waals surface area contributed by atoms with Gasteiger partial charge in [0.05, 0.1) is 0 Å². The Morgan fingerprint density at radius 3 is 2.50 bits per heavy atom. The highest BCUT2D eigenvalue weighted by molar-refractivity contribution is 5.79. The molecule has 0 aromatic carbocycles. The van der Waals surface area contributed by atoms with E-state index in [1.165, 1.54) is 0 Å². The molecule has 0 aliphatic rings. The maximum atomic E-state index is 4.03. The molecule has 1 radical (unpaired) electrons. The van der Waals surface area contributed by atoms with Gasteiger partial charge >= 0.3 is 0 Å². The fourth-order valence-corrected chi connectivity index (χ4v) is 0.637. The molecule has 10 heavy (non-hydrogen) atoms. The van der Waals surface area contributed by atoms with Gasteiger partial charge in [-0.3, -0.25) is 4.99 Å². The van der Waals surface area contributed by atoms with Crippen molar-refractivity contribution in [2.45, 2.75) is 6.42 Å². The minimum atomic E-state index is 0.880. The van der Waals surface area contributed by atoms with Crippen LogP contribution in [0.25, 0.3) is 0 Å². The Morgan fingerprint density at radius 1 is 1.60 bits per heavy atom. The second kappa shape index (κ2) is 5.09. The molecule has 0 atom stereocenters. The van der Waals surface area contributed by atoms with Gasteiger partial charge in [0.1, 0.15) is 0 Å². The fraction of sp³-hybridized carbons (Fsp3) is 0.714. The average molecular weight is 142 g/mol. The summed E-state index contributed by atoms with van der Waals surface area (Å²) in [7, 11) is 5.68. The van der Waals surface area contributed by atoms with E-state index in [4.69, 9.17) is 0 Å². The zero-order chi connectivity index (χ0) is 7.98. The first-order valence-corrected chi connectivity index (χ1v) is 3.39. The van der Waals surface area contributed by atoms with Gasteiger partial charge in [-0.05, 0) is 6.42 Å². The van der Waals surface area contributed by atoms with E-state index >= 15 is 0 Å². The molecule has 1 N–H and O–H groups in total. The quantitative estimate of drug-likeness (QED) is 0.445. The molecule has 0 fully saturated rings. The normalized spacial score (nSPS) is 11.4. The van der Waals surface area contributed by atoms with Crippen LogP contribution >= 0.6 is 0 Å². The topological polar surface area (TPSA) is 27.6 Å². The molecule has 0 unspecified atom stereocenters. The van der Waals surface area contributed by atoms with E-state index in [-0.39, 0.29) is 0 Å². The molecular weight excluding hydrogens is 126 g/mol. The predicted octanol–water partition coefficient (Wildman–Crippen LogP) is 0.348. The van der Waals surface area contributed by atoms with Gasteiger partial charge in [-0.2, -0.15) is 0 Å². The summed E-state index contributed by atoms with van der Waals surface area (Å²) in [6, 6.07) is 0. The van der Waals surface area contributed by atoms with Crippen LogP contribution in [0, 0.1) is 6.92 Å². The van der Waals surface area contributed by atoms with Gasteiger partial charge < -0.3 is 10.2 Å². The van der Waals surface area contributed by atoms with E-state index in [1.807, 2.05) is 19.0 Å². The molecule has 0 aliphatic heterocycles. The van der Waals surface area contributed by atoms with Crippen LogP contribution in [-0.4, -0.2) is 38.5 Å². The van der Waals surface area contributed by atoms with E-state index in [2.05, 4.69) is 17.2 Å². The summed E-state index contributed by atoms with van der Waals surface area (Å²) in [5, 5.41) is 3.13. The van der Waals surface area contributed by atoms with Crippen LogP contribution in [0.4, 0.5) is 0 Å². The fourth-order valence-electron chi connectivity index (χ4n) is 0.637. The highest BCUT2D eigenvalue weighted by Gasteiger charge is 1.95. The van der Waals surface area contributed by atoms with Gasteiger partial charge in [-0.15, -0.1) is 0 Å². The summed E-state index contributed by atoms with van der Waals surface area (Å²) in [5.41, 5.74) is 0. The summed E-state index contributed by atoms with van der Waals surface area (Å²) in [5.74, 6) is 0.906. The van der Waals surface area contributed by atoms with Crippen molar-refractivity contribution in [1.29, 1.82) is 0 Å². The lowest BCUT2D eigenvalue weighted by atomic mass is 10.5. The monoisotopic (exact) mass is 142 g/mol. The summed E-state index contributed by atoms with van der Waals surface area (Å²) in [6.45, 7) is 4.60. The van der Waals surface area contributed by atoms with Crippen molar-refractivity contribution >= 4 is 5.96 Å². The third kappa shape index (κ3) is 3.33. The van der Waals surface area contributed by atoms with Gasteiger partial charge in [-0.1, -0.05) is 6.92 Å². The number of guanidine groups is 1. The van der Waals surface area contributed by atoms with Crippen molar-refractivity contribution < 1.29 is 0 Å². The third-order valence-corrected chi connectivity index (χ3v) is 1.10. The van der Waals surface area contributed by atoms with Crippen molar-refractivity contribution in [2.24, 2.45) is 4.99 Å². The Labute approximate surface area is 63.1 Å². The number of nitrogens with zero attached hydrogens (tertiary/aromatic N) is 2. The molecule has 0 heterocycles. The number of nitrogens with one attached hydrogen (secondary N) is 1. The number of hydrogen-bond donors (Lipinski definition) is 1. The minimum Gasteiger partial charge on any atom is -0.356 e. The molecule has 0 saturated heterocycles. The van der Waals surface area contributed by atoms with E-state index < -0.39 is 0 Å². The van der Waals surface area contributed by atoms with Crippen molar-refractivity contribution in [3.05, 3.63) is 6.92 Å². The maximum absolute atomic E-state index is 4.03. The number of rotatable bonds is 2. The third-order valence-electron chi connectivity index (χ3n) is 1.10. The van der Waals surface area contributed by atoms with Crippen LogP contribution in [0.3, 0.4) is 0 Å². The molecule has 0 bridgehead atoms. The molecule has 0 aromatic rings. The number of hydrogen-bond acceptors (Lipinski definition) is 1. The lowest BCUT2D eigenvalue weighted by Crippen LogP contribution is -2.36. The minimum absolute atomic E-state index is 0.880. The molecule has 0 aliphatic carbocycles. The van der Waals surface area contributed by atoms with Gasteiger partial charge in [0, 0.05) is 27.7 Å². The molecule has 0 amide bonds. The second-order valence-corrected chi connectivity index (χ2v) is 2.22. The smallest absolute Gasteiger partial charge is 0.193 e. The van der Waals surface area contributed by atoms with Crippen molar-refractivity contribution in [2.75, 3.05) is 27.7 Å². The largest absolute Gasteiger partial charge is 0.356 e. The molecule has 3 heteroatoms. The van der Waals surface area contributed by atoms with Gasteiger partial charge in [0.2, 0.25) is 0 Å². The van der Waals surface area contributed by atoms with E-state index in [9.17, 15) is 0 Å². The van der Waals surface area contributed by atoms with Crippen LogP contribution in [0.2, 0.25) is 0 Å². The maximum Gasteiger partial charge on any atom is 0.193 e. The average Bonchev–Trinajstić information content (AvgIpc) is 1.89. The first-order chi connectivity index (χ1) is 4.72. The standard InChI is InChI=1S/C7H16N3/c1-5-6-9-7(8-2)10(3)4/h1,5-6H2,2-4H3,(H,8,9). The Bertz CT molecular complexity index is 107. The van der Waals surface area contributed by atoms with Crippen molar-refractivity contribution in [3.8, 4) is 0 Å². The van der Waals surface area contributed by atoms with Crippen LogP contribution in [0.1, 0.15) is 6.42 Å². The Balaban J connectivity index is 3.63. The highest BCUT2D eigenvalue weighted by Crippen LogP contribution is 1.78. The van der Waals surface area contributed by atoms with Crippen molar-refractivity contribution in [3.63, 3.8) is 0 Å². The van der Waals surface area contributed by atoms with E-state index in [0.717, 1.165) is 18.9 Å². The van der Waals surface area contributed by atoms with E-state index in [0.29, 0.717) is 0 Å². The van der Waals surface area contributed by atoms with Crippen LogP contribution < -0.4 is 5.32 Å². The van der Waals surface area contributed by atoms with E-state index in [1.54, 1.807) is 7.05 Å². The molecule has 0 rings (SSSR count). The van der Waals surface area contributed by atoms with Crippen LogP contribution in [0.5, 0.6) is 0 Å². The van der Waals surface area contributed by atoms with Gasteiger partial charge in [-0.25, -0.2) is 0 Å². The van der Waals surface area contributed by atoms with Gasteiger partial charge in [0.15, 0.2) is 5.96 Å². The summed E-state index contributed by atoms with van der Waals surface area (Å²) < 4.78 is 0. The Hall–Kier alpha value is -0.730. The molecule has 0 spiro atoms. The molecule has 0 saturated carbocycles. The summed E-state index contributed by atoms with van der Waals surface area (Å²) in [6.07, 6.45) is 0.882. The Kier molecular flexibility index (Phi) is 4.72. The van der Waals surface area contributed by atoms with Crippen LogP contribution in [0.15, 0.2) is 4.99 Å². The highest BCUT2D eigenvalue weighted by atomic mass is 15.3. The zero-order valence-corrected chi connectivity index (χ0v) is 7.02. The second-order valence-electron chi connectivity index (χ2n) is 2.22. The van der Waals surface area contributed by atoms with Gasteiger partial charge in [0.25, 0.3) is 0 Å². The molecule has 0 aromatic heterocycles. The first kappa shape index (κ1) is 9.27. The summed E-state index contributed by atoms with van der Waals surface area (Å²) >= 11 is 0. The molecule has 59 valence electrons. The summed E-state index contributed by atoms with van der Waals surface area (Å²) in [4.78, 5) is 5.97.